The third-order valence-corrected chi connectivity index (χ3v) is 7.58. The van der Waals surface area contributed by atoms with Crippen LogP contribution in [0, 0.1) is 0 Å². The fourth-order valence-electron chi connectivity index (χ4n) is 3.29. The van der Waals surface area contributed by atoms with Crippen molar-refractivity contribution in [1.82, 2.24) is 4.31 Å². The molecule has 0 saturated carbocycles. The molecule has 1 saturated heterocycles. The van der Waals surface area contributed by atoms with E-state index in [1.54, 1.807) is 18.2 Å². The smallest absolute Gasteiger partial charge is 0.342 e. The summed E-state index contributed by atoms with van der Waals surface area (Å²) in [4.78, 5) is 12.7. The number of ether oxygens (including phenoxy) is 2. The summed E-state index contributed by atoms with van der Waals surface area (Å²) in [6, 6.07) is 9.15. The van der Waals surface area contributed by atoms with Crippen molar-refractivity contribution >= 4 is 39.2 Å². The number of rotatable bonds is 6. The Morgan fingerprint density at radius 3 is 2.33 bits per heavy atom. The van der Waals surface area contributed by atoms with E-state index in [0.29, 0.717) is 28.7 Å². The Hall–Kier alpha value is -1.80. The van der Waals surface area contributed by atoms with Crippen molar-refractivity contribution in [3.63, 3.8) is 0 Å². The van der Waals surface area contributed by atoms with Crippen LogP contribution in [0.15, 0.2) is 41.3 Å². The van der Waals surface area contributed by atoms with E-state index in [4.69, 9.17) is 32.7 Å². The number of carbonyl (C=O) groups excluding carboxylic acids is 1. The maximum atomic E-state index is 13.1. The predicted molar refractivity (Wildman–Crippen MR) is 116 cm³/mol. The van der Waals surface area contributed by atoms with Crippen LogP contribution in [0.25, 0.3) is 0 Å². The normalized spacial score (nSPS) is 15.4. The van der Waals surface area contributed by atoms with Crippen LogP contribution >= 0.6 is 23.2 Å². The van der Waals surface area contributed by atoms with Gasteiger partial charge in [0.2, 0.25) is 10.0 Å². The lowest BCUT2D eigenvalue weighted by atomic mass is 10.2. The topological polar surface area (TPSA) is 72.9 Å². The van der Waals surface area contributed by atoms with Gasteiger partial charge >= 0.3 is 5.97 Å². The molecule has 1 fully saturated rings. The summed E-state index contributed by atoms with van der Waals surface area (Å²) in [6.07, 6.45) is 3.68. The standard InChI is InChI=1S/C21H23Cl2NO5S/c1-28-20-9-7-16(30(26,27)24-10-4-2-3-5-11-24)13-17(20)21(25)29-14-15-6-8-18(22)19(23)12-15/h6-9,12-13H,2-5,10-11,14H2,1H3. The number of methoxy groups -OCH3 is 1. The van der Waals surface area contributed by atoms with Crippen LogP contribution in [0.5, 0.6) is 5.75 Å². The summed E-state index contributed by atoms with van der Waals surface area (Å²) < 4.78 is 38.2. The van der Waals surface area contributed by atoms with Gasteiger partial charge in [-0.05, 0) is 48.7 Å². The molecule has 6 nitrogen and oxygen atoms in total. The molecule has 2 aromatic carbocycles. The third kappa shape index (κ3) is 5.27. The Morgan fingerprint density at radius 2 is 1.70 bits per heavy atom. The van der Waals surface area contributed by atoms with E-state index in [0.717, 1.165) is 25.7 Å². The summed E-state index contributed by atoms with van der Waals surface area (Å²) in [6.45, 7) is 0.916. The second kappa shape index (κ2) is 10.0. The lowest BCUT2D eigenvalue weighted by Gasteiger charge is -2.20. The molecule has 0 aliphatic carbocycles. The van der Waals surface area contributed by atoms with E-state index < -0.39 is 16.0 Å². The van der Waals surface area contributed by atoms with Gasteiger partial charge in [0.05, 0.1) is 22.1 Å². The average Bonchev–Trinajstić information content (AvgIpc) is 3.04. The summed E-state index contributed by atoms with van der Waals surface area (Å²) in [7, 11) is -2.30. The molecule has 0 unspecified atom stereocenters. The SMILES string of the molecule is COc1ccc(S(=O)(=O)N2CCCCCC2)cc1C(=O)OCc1ccc(Cl)c(Cl)c1. The number of hydrogen-bond acceptors (Lipinski definition) is 5. The Kier molecular flexibility index (Phi) is 7.63. The van der Waals surface area contributed by atoms with Crippen molar-refractivity contribution in [2.24, 2.45) is 0 Å². The fraction of sp³-hybridized carbons (Fsp3) is 0.381. The number of benzene rings is 2. The molecular weight excluding hydrogens is 449 g/mol. The molecule has 162 valence electrons. The van der Waals surface area contributed by atoms with Gasteiger partial charge in [-0.2, -0.15) is 4.31 Å². The van der Waals surface area contributed by atoms with E-state index >= 15 is 0 Å². The third-order valence-electron chi connectivity index (χ3n) is 4.95. The zero-order valence-corrected chi connectivity index (χ0v) is 18.9. The van der Waals surface area contributed by atoms with Gasteiger partial charge in [-0.1, -0.05) is 42.1 Å². The van der Waals surface area contributed by atoms with Crippen LogP contribution in [0.4, 0.5) is 0 Å². The Labute approximate surface area is 186 Å². The van der Waals surface area contributed by atoms with Crippen molar-refractivity contribution in [3.05, 3.63) is 57.6 Å². The van der Waals surface area contributed by atoms with E-state index in [1.165, 1.54) is 29.6 Å². The molecule has 1 aliphatic heterocycles. The predicted octanol–water partition coefficient (Wildman–Crippen LogP) is 4.92. The molecule has 1 heterocycles. The minimum absolute atomic E-state index is 0.0397. The van der Waals surface area contributed by atoms with Crippen molar-refractivity contribution in [2.45, 2.75) is 37.2 Å². The number of hydrogen-bond donors (Lipinski definition) is 0. The van der Waals surface area contributed by atoms with Gasteiger partial charge in [-0.25, -0.2) is 13.2 Å². The van der Waals surface area contributed by atoms with Crippen LogP contribution in [0.2, 0.25) is 10.0 Å². The molecule has 0 N–H and O–H groups in total. The van der Waals surface area contributed by atoms with Crippen molar-refractivity contribution in [2.75, 3.05) is 20.2 Å². The molecule has 30 heavy (non-hydrogen) atoms. The molecule has 3 rings (SSSR count). The number of halogens is 2. The van der Waals surface area contributed by atoms with Crippen molar-refractivity contribution in [1.29, 1.82) is 0 Å². The molecule has 0 bridgehead atoms. The molecular formula is C21H23Cl2NO5S. The minimum atomic E-state index is -3.71. The minimum Gasteiger partial charge on any atom is -0.496 e. The molecule has 2 aromatic rings. The number of esters is 1. The molecule has 0 atom stereocenters. The van der Waals surface area contributed by atoms with Crippen molar-refractivity contribution < 1.29 is 22.7 Å². The number of nitrogens with zero attached hydrogens (tertiary/aromatic N) is 1. The largest absolute Gasteiger partial charge is 0.496 e. The van der Waals surface area contributed by atoms with Gasteiger partial charge in [0.25, 0.3) is 0 Å². The molecule has 0 spiro atoms. The highest BCUT2D eigenvalue weighted by molar-refractivity contribution is 7.89. The zero-order valence-electron chi connectivity index (χ0n) is 16.6. The second-order valence-electron chi connectivity index (χ2n) is 7.00. The molecule has 9 heteroatoms. The first-order valence-electron chi connectivity index (χ1n) is 9.62. The van der Waals surface area contributed by atoms with E-state index in [9.17, 15) is 13.2 Å². The van der Waals surface area contributed by atoms with Crippen LogP contribution < -0.4 is 4.74 Å². The van der Waals surface area contributed by atoms with E-state index in [-0.39, 0.29) is 22.8 Å². The summed E-state index contributed by atoms with van der Waals surface area (Å²) in [5.74, 6) is -0.449. The van der Waals surface area contributed by atoms with Gasteiger partial charge in [0.15, 0.2) is 0 Å². The Bertz CT molecular complexity index is 1020. The molecule has 1 aliphatic rings. The Morgan fingerprint density at radius 1 is 1.00 bits per heavy atom. The first-order chi connectivity index (χ1) is 14.3. The fourth-order valence-corrected chi connectivity index (χ4v) is 5.16. The zero-order chi connectivity index (χ0) is 21.7. The van der Waals surface area contributed by atoms with Gasteiger partial charge in [-0.3, -0.25) is 0 Å². The first-order valence-corrected chi connectivity index (χ1v) is 11.8. The maximum absolute atomic E-state index is 13.1. The quantitative estimate of drug-likeness (QED) is 0.558. The highest BCUT2D eigenvalue weighted by Gasteiger charge is 2.27. The maximum Gasteiger partial charge on any atom is 0.342 e. The van der Waals surface area contributed by atoms with Crippen LogP contribution in [0.3, 0.4) is 0 Å². The summed E-state index contributed by atoms with van der Waals surface area (Å²) >= 11 is 11.9. The number of sulfonamides is 1. The average molecular weight is 472 g/mol. The molecule has 0 radical (unpaired) electrons. The van der Waals surface area contributed by atoms with Gasteiger partial charge < -0.3 is 9.47 Å². The molecule has 0 aromatic heterocycles. The summed E-state index contributed by atoms with van der Waals surface area (Å²) in [5, 5.41) is 0.758. The van der Waals surface area contributed by atoms with Crippen LogP contribution in [-0.4, -0.2) is 38.9 Å². The monoisotopic (exact) mass is 471 g/mol. The first kappa shape index (κ1) is 22.9. The lowest BCUT2D eigenvalue weighted by molar-refractivity contribution is 0.0468. The second-order valence-corrected chi connectivity index (χ2v) is 9.76. The Balaban J connectivity index is 1.82. The van der Waals surface area contributed by atoms with Crippen LogP contribution in [0.1, 0.15) is 41.6 Å². The number of carbonyl (C=O) groups is 1. The highest BCUT2D eigenvalue weighted by Crippen LogP contribution is 2.28. The molecule has 0 amide bonds. The van der Waals surface area contributed by atoms with Gasteiger partial charge in [0, 0.05) is 13.1 Å². The van der Waals surface area contributed by atoms with E-state index in [1.807, 2.05) is 0 Å². The van der Waals surface area contributed by atoms with Crippen LogP contribution in [-0.2, 0) is 21.4 Å². The van der Waals surface area contributed by atoms with E-state index in [2.05, 4.69) is 0 Å². The van der Waals surface area contributed by atoms with Crippen molar-refractivity contribution in [3.8, 4) is 5.75 Å². The van der Waals surface area contributed by atoms with Gasteiger partial charge in [0.1, 0.15) is 17.9 Å². The van der Waals surface area contributed by atoms with Gasteiger partial charge in [-0.15, -0.1) is 0 Å². The highest BCUT2D eigenvalue weighted by atomic mass is 35.5. The lowest BCUT2D eigenvalue weighted by Crippen LogP contribution is -2.32. The summed E-state index contributed by atoms with van der Waals surface area (Å²) in [5.41, 5.74) is 0.707.